The topological polar surface area (TPSA) is 78.6 Å². The SMILES string of the molecule is CC(C)(C)OC(=O)C(C1CCCCC1)C(N)O[PH+]=O. The Labute approximate surface area is 116 Å². The monoisotopic (exact) mass is 290 g/mol. The summed E-state index contributed by atoms with van der Waals surface area (Å²) in [5.41, 5.74) is 5.31. The summed E-state index contributed by atoms with van der Waals surface area (Å²) in [6, 6.07) is 0. The zero-order chi connectivity index (χ0) is 14.5. The van der Waals surface area contributed by atoms with Crippen molar-refractivity contribution >= 4 is 14.7 Å². The molecule has 0 aliphatic heterocycles. The molecule has 6 heteroatoms. The van der Waals surface area contributed by atoms with Crippen LogP contribution >= 0.6 is 8.69 Å². The lowest BCUT2D eigenvalue weighted by atomic mass is 9.79. The summed E-state index contributed by atoms with van der Waals surface area (Å²) in [6.07, 6.45) is 4.42. The highest BCUT2D eigenvalue weighted by Gasteiger charge is 2.39. The molecule has 0 aromatic rings. The maximum absolute atomic E-state index is 12.3. The minimum Gasteiger partial charge on any atom is -0.460 e. The van der Waals surface area contributed by atoms with Crippen molar-refractivity contribution in [2.24, 2.45) is 17.6 Å². The molecule has 0 amide bonds. The number of esters is 1. The highest BCUT2D eigenvalue weighted by Crippen LogP contribution is 2.34. The average Bonchev–Trinajstić information content (AvgIpc) is 2.28. The van der Waals surface area contributed by atoms with E-state index in [9.17, 15) is 9.36 Å². The van der Waals surface area contributed by atoms with Crippen molar-refractivity contribution in [1.29, 1.82) is 0 Å². The lowest BCUT2D eigenvalue weighted by molar-refractivity contribution is -0.166. The van der Waals surface area contributed by atoms with Crippen molar-refractivity contribution in [2.45, 2.75) is 64.7 Å². The molecular formula is C13H25NO4P+. The van der Waals surface area contributed by atoms with Crippen molar-refractivity contribution in [3.8, 4) is 0 Å². The summed E-state index contributed by atoms with van der Waals surface area (Å²) >= 11 is 0. The molecule has 1 saturated carbocycles. The van der Waals surface area contributed by atoms with Crippen LogP contribution in [0.1, 0.15) is 52.9 Å². The van der Waals surface area contributed by atoms with Crippen LogP contribution in [0.15, 0.2) is 0 Å². The molecule has 19 heavy (non-hydrogen) atoms. The molecule has 3 unspecified atom stereocenters. The summed E-state index contributed by atoms with van der Waals surface area (Å²) in [5.74, 6) is -0.707. The van der Waals surface area contributed by atoms with Crippen molar-refractivity contribution < 1.29 is 18.6 Å². The van der Waals surface area contributed by atoms with Gasteiger partial charge >= 0.3 is 14.7 Å². The van der Waals surface area contributed by atoms with Crippen LogP contribution < -0.4 is 5.73 Å². The quantitative estimate of drug-likeness (QED) is 0.478. The van der Waals surface area contributed by atoms with Crippen molar-refractivity contribution in [1.82, 2.24) is 0 Å². The summed E-state index contributed by atoms with van der Waals surface area (Å²) in [5, 5.41) is 0. The Kier molecular flexibility index (Phi) is 6.37. The molecule has 1 fully saturated rings. The molecule has 1 aliphatic carbocycles. The van der Waals surface area contributed by atoms with Crippen LogP contribution in [0.5, 0.6) is 0 Å². The first-order valence-corrected chi connectivity index (χ1v) is 7.68. The molecular weight excluding hydrogens is 265 g/mol. The van der Waals surface area contributed by atoms with Crippen LogP contribution in [0.4, 0.5) is 0 Å². The number of carbonyl (C=O) groups is 1. The normalized spacial score (nSPS) is 21.1. The van der Waals surface area contributed by atoms with Crippen molar-refractivity contribution in [3.05, 3.63) is 0 Å². The van der Waals surface area contributed by atoms with Gasteiger partial charge in [0.2, 0.25) is 0 Å². The van der Waals surface area contributed by atoms with Gasteiger partial charge in [0, 0.05) is 0 Å². The molecule has 1 rings (SSSR count). The molecule has 0 aromatic heterocycles. The maximum Gasteiger partial charge on any atom is 0.495 e. The van der Waals surface area contributed by atoms with Gasteiger partial charge in [0.25, 0.3) is 0 Å². The second-order valence-corrected chi connectivity index (χ2v) is 6.53. The molecule has 5 nitrogen and oxygen atoms in total. The van der Waals surface area contributed by atoms with Gasteiger partial charge in [0.15, 0.2) is 6.23 Å². The van der Waals surface area contributed by atoms with Crippen LogP contribution in [-0.2, 0) is 18.6 Å². The highest BCUT2D eigenvalue weighted by molar-refractivity contribution is 7.17. The van der Waals surface area contributed by atoms with Crippen LogP contribution in [0, 0.1) is 11.8 Å². The van der Waals surface area contributed by atoms with Gasteiger partial charge in [0.05, 0.1) is 0 Å². The minimum atomic E-state index is -0.957. The van der Waals surface area contributed by atoms with Gasteiger partial charge in [-0.05, 0) is 44.1 Å². The first kappa shape index (κ1) is 16.5. The van der Waals surface area contributed by atoms with Crippen LogP contribution in [0.2, 0.25) is 0 Å². The smallest absolute Gasteiger partial charge is 0.460 e. The van der Waals surface area contributed by atoms with Crippen molar-refractivity contribution in [3.63, 3.8) is 0 Å². The Bertz CT molecular complexity index is 310. The Balaban J connectivity index is 2.78. The van der Waals surface area contributed by atoms with Gasteiger partial charge in [-0.2, -0.15) is 0 Å². The van der Waals surface area contributed by atoms with E-state index in [2.05, 4.69) is 0 Å². The van der Waals surface area contributed by atoms with Gasteiger partial charge < -0.3 is 10.5 Å². The third-order valence-electron chi connectivity index (χ3n) is 3.37. The summed E-state index contributed by atoms with van der Waals surface area (Å²) in [4.78, 5) is 12.3. The first-order chi connectivity index (χ1) is 8.85. The molecule has 0 saturated heterocycles. The fourth-order valence-electron chi connectivity index (χ4n) is 2.59. The lowest BCUT2D eigenvalue weighted by Gasteiger charge is -2.32. The standard InChI is InChI=1S/C13H25NO4P/c1-13(2,3)17-12(15)10(11(14)18-19-16)9-7-5-4-6-8-9/h9-11,19H,4-8,14H2,1-3H3/q+1. The lowest BCUT2D eigenvalue weighted by Crippen LogP contribution is -2.44. The molecule has 0 heterocycles. The molecule has 0 radical (unpaired) electrons. The van der Waals surface area contributed by atoms with E-state index in [1.54, 1.807) is 0 Å². The fourth-order valence-corrected chi connectivity index (χ4v) is 2.84. The predicted molar refractivity (Wildman–Crippen MR) is 74.0 cm³/mol. The second kappa shape index (κ2) is 7.32. The molecule has 3 atom stereocenters. The number of hydrogen-bond donors (Lipinski definition) is 1. The Morgan fingerprint density at radius 3 is 2.32 bits per heavy atom. The van der Waals surface area contributed by atoms with Gasteiger partial charge in [-0.3, -0.25) is 4.79 Å². The van der Waals surface area contributed by atoms with E-state index >= 15 is 0 Å². The molecule has 2 N–H and O–H groups in total. The summed E-state index contributed by atoms with van der Waals surface area (Å²) < 4.78 is 21.0. The molecule has 1 aliphatic rings. The van der Waals surface area contributed by atoms with Gasteiger partial charge in [-0.15, -0.1) is 4.52 Å². The van der Waals surface area contributed by atoms with Gasteiger partial charge in [-0.25, -0.2) is 0 Å². The maximum atomic E-state index is 12.3. The number of nitrogens with two attached hydrogens (primary N) is 1. The van der Waals surface area contributed by atoms with Gasteiger partial charge in [-0.1, -0.05) is 19.3 Å². The van der Waals surface area contributed by atoms with Crippen LogP contribution in [0.25, 0.3) is 0 Å². The first-order valence-electron chi connectivity index (χ1n) is 6.86. The number of ether oxygens (including phenoxy) is 1. The van der Waals surface area contributed by atoms with Crippen LogP contribution in [0.3, 0.4) is 0 Å². The Morgan fingerprint density at radius 2 is 1.84 bits per heavy atom. The van der Waals surface area contributed by atoms with E-state index in [0.29, 0.717) is 0 Å². The van der Waals surface area contributed by atoms with E-state index < -0.39 is 26.4 Å². The number of hydrogen-bond acceptors (Lipinski definition) is 5. The molecule has 0 aromatic carbocycles. The van der Waals surface area contributed by atoms with E-state index in [1.807, 2.05) is 20.8 Å². The zero-order valence-electron chi connectivity index (χ0n) is 12.0. The third kappa shape index (κ3) is 5.55. The Morgan fingerprint density at radius 1 is 1.26 bits per heavy atom. The van der Waals surface area contributed by atoms with E-state index in [4.69, 9.17) is 15.0 Å². The number of rotatable bonds is 5. The highest BCUT2D eigenvalue weighted by atomic mass is 31.1. The third-order valence-corrected chi connectivity index (χ3v) is 3.74. The van der Waals surface area contributed by atoms with Crippen LogP contribution in [-0.4, -0.2) is 17.8 Å². The van der Waals surface area contributed by atoms with E-state index in [1.165, 1.54) is 6.42 Å². The number of carbonyl (C=O) groups excluding carboxylic acids is 1. The minimum absolute atomic E-state index is 0.162. The largest absolute Gasteiger partial charge is 0.495 e. The molecule has 0 spiro atoms. The van der Waals surface area contributed by atoms with E-state index in [0.717, 1.165) is 25.7 Å². The Hall–Kier alpha value is -0.510. The predicted octanol–water partition coefficient (Wildman–Crippen LogP) is 2.77. The molecule has 0 bridgehead atoms. The summed E-state index contributed by atoms with van der Waals surface area (Å²) in [6.45, 7) is 5.47. The zero-order valence-corrected chi connectivity index (χ0v) is 13.0. The van der Waals surface area contributed by atoms with E-state index in [-0.39, 0.29) is 11.9 Å². The fraction of sp³-hybridized carbons (Fsp3) is 0.923. The van der Waals surface area contributed by atoms with Crippen molar-refractivity contribution in [2.75, 3.05) is 0 Å². The second-order valence-electron chi connectivity index (χ2n) is 6.12. The molecule has 110 valence electrons. The average molecular weight is 290 g/mol. The summed E-state index contributed by atoms with van der Waals surface area (Å²) in [7, 11) is -0.957. The van der Waals surface area contributed by atoms with Gasteiger partial charge in [0.1, 0.15) is 11.5 Å².